The van der Waals surface area contributed by atoms with Crippen molar-refractivity contribution in [2.24, 2.45) is 0 Å². The number of carboxylic acid groups (broad SMARTS) is 1. The summed E-state index contributed by atoms with van der Waals surface area (Å²) < 4.78 is 38.0. The highest BCUT2D eigenvalue weighted by molar-refractivity contribution is 9.10. The zero-order valence-corrected chi connectivity index (χ0v) is 14.0. The molecule has 1 aromatic carbocycles. The molecule has 0 aliphatic carbocycles. The summed E-state index contributed by atoms with van der Waals surface area (Å²) in [7, 11) is 0. The number of carbonyl (C=O) groups is 2. The van der Waals surface area contributed by atoms with Crippen LogP contribution in [0, 0.1) is 0 Å². The van der Waals surface area contributed by atoms with Crippen molar-refractivity contribution in [2.75, 3.05) is 18.4 Å². The van der Waals surface area contributed by atoms with Crippen LogP contribution in [0.3, 0.4) is 0 Å². The minimum absolute atomic E-state index is 0.0146. The Morgan fingerprint density at radius 1 is 1.29 bits per heavy atom. The highest BCUT2D eigenvalue weighted by atomic mass is 79.9. The number of carboxylic acids is 1. The third-order valence-electron chi connectivity index (χ3n) is 2.86. The first-order chi connectivity index (χ1) is 11.2. The van der Waals surface area contributed by atoms with Gasteiger partial charge in [-0.05, 0) is 43.7 Å². The molecule has 1 unspecified atom stereocenters. The molecule has 0 spiro atoms. The third kappa shape index (κ3) is 8.16. The maximum absolute atomic E-state index is 11.6. The van der Waals surface area contributed by atoms with E-state index in [1.807, 2.05) is 24.3 Å². The van der Waals surface area contributed by atoms with E-state index >= 15 is 0 Å². The first-order valence-electron chi connectivity index (χ1n) is 6.92. The lowest BCUT2D eigenvalue weighted by Crippen LogP contribution is -2.37. The summed E-state index contributed by atoms with van der Waals surface area (Å²) in [6.07, 6.45) is -3.50. The van der Waals surface area contributed by atoms with Crippen molar-refractivity contribution in [3.63, 3.8) is 0 Å². The molecule has 0 saturated carbocycles. The molecule has 6 nitrogen and oxygen atoms in total. The van der Waals surface area contributed by atoms with Crippen molar-refractivity contribution in [3.8, 4) is 0 Å². The van der Waals surface area contributed by atoms with E-state index in [0.717, 1.165) is 36.1 Å². The molecule has 2 rings (SSSR count). The Bertz CT molecular complexity index is 546. The van der Waals surface area contributed by atoms with E-state index in [4.69, 9.17) is 14.6 Å². The van der Waals surface area contributed by atoms with Gasteiger partial charge >= 0.3 is 18.2 Å². The van der Waals surface area contributed by atoms with Gasteiger partial charge in [0, 0.05) is 16.7 Å². The number of benzene rings is 1. The predicted octanol–water partition coefficient (Wildman–Crippen LogP) is 3.38. The van der Waals surface area contributed by atoms with Crippen LogP contribution in [-0.4, -0.2) is 42.5 Å². The maximum atomic E-state index is 11.6. The molecule has 1 aliphatic heterocycles. The molecule has 1 heterocycles. The zero-order valence-electron chi connectivity index (χ0n) is 12.4. The SMILES string of the molecule is O=C(Nc1ccc(Br)cc1)OC1CCCNC1.O=C(O)C(F)(F)F. The standard InChI is InChI=1S/C12H15BrN2O2.C2HF3O2/c13-9-3-5-10(6-4-9)15-12(16)17-11-2-1-7-14-8-11;3-2(4,5)1(6)7/h3-6,11,14H,1-2,7-8H2,(H,15,16);(H,6,7). The summed E-state index contributed by atoms with van der Waals surface area (Å²) in [5.41, 5.74) is 0.738. The predicted molar refractivity (Wildman–Crippen MR) is 83.8 cm³/mol. The fourth-order valence-corrected chi connectivity index (χ4v) is 2.02. The number of halogens is 4. The topological polar surface area (TPSA) is 87.7 Å². The van der Waals surface area contributed by atoms with Crippen LogP contribution in [0.4, 0.5) is 23.7 Å². The number of ether oxygens (including phenoxy) is 1. The quantitative estimate of drug-likeness (QED) is 0.692. The van der Waals surface area contributed by atoms with Gasteiger partial charge in [0.15, 0.2) is 0 Å². The Morgan fingerprint density at radius 2 is 1.88 bits per heavy atom. The summed E-state index contributed by atoms with van der Waals surface area (Å²) in [4.78, 5) is 20.5. The van der Waals surface area contributed by atoms with Crippen LogP contribution in [0.1, 0.15) is 12.8 Å². The Balaban J connectivity index is 0.000000351. The Morgan fingerprint density at radius 3 is 2.33 bits per heavy atom. The number of hydrogen-bond acceptors (Lipinski definition) is 4. The molecule has 134 valence electrons. The number of hydrogen-bond donors (Lipinski definition) is 3. The summed E-state index contributed by atoms with van der Waals surface area (Å²) in [5, 5.41) is 13.0. The lowest BCUT2D eigenvalue weighted by atomic mass is 10.1. The van der Waals surface area contributed by atoms with Crippen molar-refractivity contribution in [2.45, 2.75) is 25.1 Å². The van der Waals surface area contributed by atoms with Gasteiger partial charge in [-0.1, -0.05) is 15.9 Å². The van der Waals surface area contributed by atoms with Gasteiger partial charge in [-0.2, -0.15) is 13.2 Å². The number of carbonyl (C=O) groups excluding carboxylic acids is 1. The van der Waals surface area contributed by atoms with E-state index in [-0.39, 0.29) is 12.2 Å². The van der Waals surface area contributed by atoms with Crippen molar-refractivity contribution < 1.29 is 32.6 Å². The van der Waals surface area contributed by atoms with Gasteiger partial charge in [-0.25, -0.2) is 9.59 Å². The fraction of sp³-hybridized carbons (Fsp3) is 0.429. The number of aliphatic carboxylic acids is 1. The van der Waals surface area contributed by atoms with Crippen LogP contribution >= 0.6 is 15.9 Å². The number of alkyl halides is 3. The van der Waals surface area contributed by atoms with Crippen molar-refractivity contribution >= 4 is 33.7 Å². The van der Waals surface area contributed by atoms with E-state index in [2.05, 4.69) is 26.6 Å². The van der Waals surface area contributed by atoms with E-state index in [0.29, 0.717) is 0 Å². The zero-order chi connectivity index (χ0) is 18.2. The second-order valence-electron chi connectivity index (χ2n) is 4.81. The van der Waals surface area contributed by atoms with Crippen molar-refractivity contribution in [1.29, 1.82) is 0 Å². The highest BCUT2D eigenvalue weighted by Crippen LogP contribution is 2.15. The lowest BCUT2D eigenvalue weighted by Gasteiger charge is -2.22. The first-order valence-corrected chi connectivity index (χ1v) is 7.72. The number of piperidine rings is 1. The van der Waals surface area contributed by atoms with Crippen LogP contribution in [-0.2, 0) is 9.53 Å². The minimum atomic E-state index is -5.08. The van der Waals surface area contributed by atoms with E-state index in [9.17, 15) is 18.0 Å². The maximum Gasteiger partial charge on any atom is 0.490 e. The fourth-order valence-electron chi connectivity index (χ4n) is 1.75. The Hall–Kier alpha value is -1.81. The minimum Gasteiger partial charge on any atom is -0.475 e. The van der Waals surface area contributed by atoms with Crippen LogP contribution in [0.2, 0.25) is 0 Å². The van der Waals surface area contributed by atoms with E-state index in [1.165, 1.54) is 0 Å². The normalized spacial score (nSPS) is 17.2. The van der Waals surface area contributed by atoms with Gasteiger partial charge in [-0.3, -0.25) is 5.32 Å². The van der Waals surface area contributed by atoms with Gasteiger partial charge in [-0.15, -0.1) is 0 Å². The highest BCUT2D eigenvalue weighted by Gasteiger charge is 2.38. The van der Waals surface area contributed by atoms with Crippen molar-refractivity contribution in [1.82, 2.24) is 5.32 Å². The second kappa shape index (κ2) is 9.48. The molecule has 1 atom stereocenters. The molecule has 1 aliphatic rings. The average Bonchev–Trinajstić information content (AvgIpc) is 2.50. The van der Waals surface area contributed by atoms with Crippen LogP contribution in [0.25, 0.3) is 0 Å². The molecule has 10 heteroatoms. The molecular weight excluding hydrogens is 397 g/mol. The second-order valence-corrected chi connectivity index (χ2v) is 5.72. The van der Waals surface area contributed by atoms with Gasteiger partial charge in [0.05, 0.1) is 0 Å². The molecule has 0 bridgehead atoms. The lowest BCUT2D eigenvalue weighted by molar-refractivity contribution is -0.192. The van der Waals surface area contributed by atoms with Gasteiger partial charge in [0.1, 0.15) is 6.10 Å². The van der Waals surface area contributed by atoms with Crippen LogP contribution in [0.5, 0.6) is 0 Å². The molecule has 24 heavy (non-hydrogen) atoms. The van der Waals surface area contributed by atoms with Crippen LogP contribution in [0.15, 0.2) is 28.7 Å². The van der Waals surface area contributed by atoms with Gasteiger partial charge < -0.3 is 15.2 Å². The summed E-state index contributed by atoms with van der Waals surface area (Å²) in [6.45, 7) is 1.75. The molecule has 3 N–H and O–H groups in total. The molecular formula is C14H16BrF3N2O4. The molecule has 1 fully saturated rings. The number of amides is 1. The summed E-state index contributed by atoms with van der Waals surface area (Å²) >= 11 is 3.34. The van der Waals surface area contributed by atoms with E-state index in [1.54, 1.807) is 0 Å². The number of nitrogens with one attached hydrogen (secondary N) is 2. The largest absolute Gasteiger partial charge is 0.490 e. The summed E-state index contributed by atoms with van der Waals surface area (Å²) in [6, 6.07) is 7.39. The molecule has 1 saturated heterocycles. The molecule has 0 radical (unpaired) electrons. The third-order valence-corrected chi connectivity index (χ3v) is 3.39. The molecule has 1 amide bonds. The van der Waals surface area contributed by atoms with Gasteiger partial charge in [0.2, 0.25) is 0 Å². The summed E-state index contributed by atoms with van der Waals surface area (Å²) in [5.74, 6) is -2.76. The smallest absolute Gasteiger partial charge is 0.475 e. The molecule has 0 aromatic heterocycles. The molecule has 1 aromatic rings. The monoisotopic (exact) mass is 412 g/mol. The number of anilines is 1. The van der Waals surface area contributed by atoms with E-state index < -0.39 is 12.1 Å². The first kappa shape index (κ1) is 20.2. The Kier molecular flexibility index (Phi) is 7.99. The van der Waals surface area contributed by atoms with Crippen molar-refractivity contribution in [3.05, 3.63) is 28.7 Å². The Labute approximate surface area is 144 Å². The average molecular weight is 413 g/mol. The van der Waals surface area contributed by atoms with Crippen LogP contribution < -0.4 is 10.6 Å². The number of rotatable bonds is 2. The van der Waals surface area contributed by atoms with Gasteiger partial charge in [0.25, 0.3) is 0 Å².